The van der Waals surface area contributed by atoms with Crippen LogP contribution in [0.5, 0.6) is 11.5 Å². The van der Waals surface area contributed by atoms with Gasteiger partial charge in [-0.05, 0) is 50.0 Å². The number of Topliss-reactive ketones (excluding diaryl/α,β-unsaturated/α-hetero) is 1. The monoisotopic (exact) mass is 301 g/mol. The SMILES string of the molecule is COc1ccc([C@]23CCN(C)C2C2CC3CC2=O)cc1OC. The zero-order chi connectivity index (χ0) is 15.5. The van der Waals surface area contributed by atoms with Crippen LogP contribution in [-0.2, 0) is 10.2 Å². The molecule has 2 aliphatic carbocycles. The maximum absolute atomic E-state index is 12.2. The van der Waals surface area contributed by atoms with Crippen LogP contribution < -0.4 is 9.47 Å². The minimum absolute atomic E-state index is 0.118. The highest BCUT2D eigenvalue weighted by molar-refractivity contribution is 5.86. The summed E-state index contributed by atoms with van der Waals surface area (Å²) in [6, 6.07) is 6.68. The van der Waals surface area contributed by atoms with Crippen molar-refractivity contribution in [2.24, 2.45) is 11.8 Å². The number of likely N-dealkylation sites (tertiary alicyclic amines) is 1. The van der Waals surface area contributed by atoms with Crippen LogP contribution in [-0.4, -0.2) is 44.5 Å². The number of rotatable bonds is 3. The fourth-order valence-corrected chi connectivity index (χ4v) is 5.44. The molecule has 2 bridgehead atoms. The minimum atomic E-state index is 0.118. The smallest absolute Gasteiger partial charge is 0.161 e. The Morgan fingerprint density at radius 3 is 2.73 bits per heavy atom. The Balaban J connectivity index is 1.82. The largest absolute Gasteiger partial charge is 0.493 e. The molecule has 1 saturated heterocycles. The van der Waals surface area contributed by atoms with Crippen LogP contribution in [0.15, 0.2) is 18.2 Å². The van der Waals surface area contributed by atoms with Crippen molar-refractivity contribution >= 4 is 5.78 Å². The van der Waals surface area contributed by atoms with Crippen molar-refractivity contribution in [1.29, 1.82) is 0 Å². The van der Waals surface area contributed by atoms with E-state index >= 15 is 0 Å². The maximum Gasteiger partial charge on any atom is 0.161 e. The summed E-state index contributed by atoms with van der Waals surface area (Å²) >= 11 is 0. The van der Waals surface area contributed by atoms with Gasteiger partial charge in [0, 0.05) is 23.8 Å². The van der Waals surface area contributed by atoms with Gasteiger partial charge in [-0.25, -0.2) is 0 Å². The van der Waals surface area contributed by atoms with Crippen molar-refractivity contribution in [3.8, 4) is 11.5 Å². The molecule has 3 unspecified atom stereocenters. The van der Waals surface area contributed by atoms with E-state index in [2.05, 4.69) is 24.1 Å². The lowest BCUT2D eigenvalue weighted by molar-refractivity contribution is -0.124. The Kier molecular flexibility index (Phi) is 3.02. The van der Waals surface area contributed by atoms with Crippen molar-refractivity contribution in [1.82, 2.24) is 4.90 Å². The van der Waals surface area contributed by atoms with Gasteiger partial charge in [-0.2, -0.15) is 0 Å². The van der Waals surface area contributed by atoms with E-state index < -0.39 is 0 Å². The molecule has 22 heavy (non-hydrogen) atoms. The maximum atomic E-state index is 12.2. The summed E-state index contributed by atoms with van der Waals surface area (Å²) in [5.74, 6) is 2.74. The average molecular weight is 301 g/mol. The van der Waals surface area contributed by atoms with E-state index in [1.165, 1.54) is 5.56 Å². The van der Waals surface area contributed by atoms with Gasteiger partial charge in [-0.1, -0.05) is 6.07 Å². The Bertz CT molecular complexity index is 629. The molecule has 4 nitrogen and oxygen atoms in total. The van der Waals surface area contributed by atoms with Gasteiger partial charge < -0.3 is 14.4 Å². The highest BCUT2D eigenvalue weighted by Crippen LogP contribution is 2.61. The molecular formula is C18H23NO3. The van der Waals surface area contributed by atoms with E-state index in [1.807, 2.05) is 6.07 Å². The van der Waals surface area contributed by atoms with Gasteiger partial charge in [0.25, 0.3) is 0 Å². The first-order valence-electron chi connectivity index (χ1n) is 8.07. The van der Waals surface area contributed by atoms with Crippen LogP contribution >= 0.6 is 0 Å². The molecule has 1 heterocycles. The van der Waals surface area contributed by atoms with E-state index in [0.717, 1.165) is 37.3 Å². The number of fused-ring (bicyclic) bond motifs is 5. The molecule has 4 heteroatoms. The van der Waals surface area contributed by atoms with Gasteiger partial charge in [0.2, 0.25) is 0 Å². The molecule has 1 aromatic rings. The van der Waals surface area contributed by atoms with E-state index in [9.17, 15) is 4.79 Å². The van der Waals surface area contributed by atoms with E-state index in [0.29, 0.717) is 17.7 Å². The Labute approximate surface area is 131 Å². The van der Waals surface area contributed by atoms with Crippen molar-refractivity contribution in [2.45, 2.75) is 30.7 Å². The second kappa shape index (κ2) is 4.72. The number of nitrogens with zero attached hydrogens (tertiary/aromatic N) is 1. The van der Waals surface area contributed by atoms with E-state index in [4.69, 9.17) is 9.47 Å². The predicted molar refractivity (Wildman–Crippen MR) is 83.5 cm³/mol. The summed E-state index contributed by atoms with van der Waals surface area (Å²) in [6.07, 6.45) is 2.95. The fraction of sp³-hybridized carbons (Fsp3) is 0.611. The third-order valence-corrected chi connectivity index (χ3v) is 6.31. The van der Waals surface area contributed by atoms with Gasteiger partial charge in [-0.15, -0.1) is 0 Å². The Morgan fingerprint density at radius 2 is 2.00 bits per heavy atom. The lowest BCUT2D eigenvalue weighted by atomic mass is 9.65. The van der Waals surface area contributed by atoms with Crippen molar-refractivity contribution < 1.29 is 14.3 Å². The molecule has 2 saturated carbocycles. The van der Waals surface area contributed by atoms with Gasteiger partial charge in [0.1, 0.15) is 5.78 Å². The van der Waals surface area contributed by atoms with Gasteiger partial charge in [0.15, 0.2) is 11.5 Å². The molecular weight excluding hydrogens is 278 g/mol. The van der Waals surface area contributed by atoms with E-state index in [-0.39, 0.29) is 11.3 Å². The number of ketones is 1. The second-order valence-electron chi connectivity index (χ2n) is 7.00. The van der Waals surface area contributed by atoms with E-state index in [1.54, 1.807) is 14.2 Å². The molecule has 4 atom stereocenters. The highest BCUT2D eigenvalue weighted by atomic mass is 16.5. The fourth-order valence-electron chi connectivity index (χ4n) is 5.44. The molecule has 118 valence electrons. The number of carbonyl (C=O) groups is 1. The number of benzene rings is 1. The number of carbonyl (C=O) groups excluding carboxylic acids is 1. The summed E-state index contributed by atoms with van der Waals surface area (Å²) in [7, 11) is 5.52. The molecule has 0 N–H and O–H groups in total. The molecule has 0 aromatic heterocycles. The molecule has 4 rings (SSSR count). The Morgan fingerprint density at radius 1 is 1.23 bits per heavy atom. The molecule has 0 spiro atoms. The van der Waals surface area contributed by atoms with Gasteiger partial charge >= 0.3 is 0 Å². The molecule has 1 aromatic carbocycles. The first kappa shape index (κ1) is 14.1. The zero-order valence-corrected chi connectivity index (χ0v) is 13.5. The lowest BCUT2D eigenvalue weighted by Gasteiger charge is -2.41. The molecule has 0 radical (unpaired) electrons. The molecule has 3 fully saturated rings. The summed E-state index contributed by atoms with van der Waals surface area (Å²) in [5, 5.41) is 0. The summed E-state index contributed by atoms with van der Waals surface area (Å²) in [5.41, 5.74) is 1.44. The summed E-state index contributed by atoms with van der Waals surface area (Å²) in [6.45, 7) is 1.07. The third kappa shape index (κ3) is 1.59. The van der Waals surface area contributed by atoms with Crippen molar-refractivity contribution in [3.63, 3.8) is 0 Å². The topological polar surface area (TPSA) is 38.8 Å². The third-order valence-electron chi connectivity index (χ3n) is 6.31. The minimum Gasteiger partial charge on any atom is -0.493 e. The van der Waals surface area contributed by atoms with Crippen LogP contribution in [0.2, 0.25) is 0 Å². The van der Waals surface area contributed by atoms with Gasteiger partial charge in [0.05, 0.1) is 14.2 Å². The number of ether oxygens (including phenoxy) is 2. The quantitative estimate of drug-likeness (QED) is 0.858. The molecule has 0 amide bonds. The van der Waals surface area contributed by atoms with Crippen LogP contribution in [0.4, 0.5) is 0 Å². The lowest BCUT2D eigenvalue weighted by Crippen LogP contribution is -2.48. The average Bonchev–Trinajstić information content (AvgIpc) is 3.17. The molecule has 1 aliphatic heterocycles. The van der Waals surface area contributed by atoms with Crippen LogP contribution in [0.25, 0.3) is 0 Å². The van der Waals surface area contributed by atoms with Crippen LogP contribution in [0.3, 0.4) is 0 Å². The summed E-state index contributed by atoms with van der Waals surface area (Å²) < 4.78 is 10.9. The number of likely N-dealkylation sites (N-methyl/N-ethyl adjacent to an activating group) is 1. The Hall–Kier alpha value is -1.55. The van der Waals surface area contributed by atoms with Crippen molar-refractivity contribution in [2.75, 3.05) is 27.8 Å². The first-order chi connectivity index (χ1) is 10.6. The number of hydrogen-bond acceptors (Lipinski definition) is 4. The first-order valence-corrected chi connectivity index (χ1v) is 8.07. The number of methoxy groups -OCH3 is 2. The normalized spacial score (nSPS) is 36.7. The van der Waals surface area contributed by atoms with Crippen molar-refractivity contribution in [3.05, 3.63) is 23.8 Å². The summed E-state index contributed by atoms with van der Waals surface area (Å²) in [4.78, 5) is 14.7. The van der Waals surface area contributed by atoms with Gasteiger partial charge in [-0.3, -0.25) is 4.79 Å². The van der Waals surface area contributed by atoms with Crippen LogP contribution in [0.1, 0.15) is 24.8 Å². The number of hydrogen-bond donors (Lipinski definition) is 0. The standard InChI is InChI=1S/C18H23NO3/c1-19-7-6-18(12-8-13(17(18)19)14(20)9-12)11-4-5-15(21-2)16(10-11)22-3/h4-5,10,12-13,17H,6-9H2,1-3H3/t12?,13?,17?,18-/m0/s1. The highest BCUT2D eigenvalue weighted by Gasteiger charge is 2.65. The zero-order valence-electron chi connectivity index (χ0n) is 13.5. The predicted octanol–water partition coefficient (Wildman–Crippen LogP) is 2.25. The molecule has 3 aliphatic rings. The second-order valence-corrected chi connectivity index (χ2v) is 7.00. The van der Waals surface area contributed by atoms with Crippen LogP contribution in [0, 0.1) is 11.8 Å².